The molecular weight excluding hydrogens is 250 g/mol. The number of rotatable bonds is 4. The number of hydrogen-bond donors (Lipinski definition) is 0. The summed E-state index contributed by atoms with van der Waals surface area (Å²) in [6, 6.07) is 9.86. The van der Waals surface area contributed by atoms with Gasteiger partial charge in [-0.3, -0.25) is 4.79 Å². The molecule has 0 saturated carbocycles. The zero-order valence-corrected chi connectivity index (χ0v) is 10.3. The third-order valence-corrected chi connectivity index (χ3v) is 2.62. The van der Waals surface area contributed by atoms with Crippen molar-refractivity contribution >= 4 is 5.78 Å². The molecule has 2 aromatic carbocycles. The molecule has 0 atom stereocenters. The van der Waals surface area contributed by atoms with Crippen LogP contribution in [-0.2, 0) is 0 Å². The molecular formula is C15H12F2O2. The maximum absolute atomic E-state index is 13.4. The van der Waals surface area contributed by atoms with Crippen LogP contribution in [0.3, 0.4) is 0 Å². The number of ether oxygens (including phenoxy) is 1. The smallest absolute Gasteiger partial charge is 0.203 e. The fourth-order valence-electron chi connectivity index (χ4n) is 1.57. The van der Waals surface area contributed by atoms with Crippen molar-refractivity contribution in [1.29, 1.82) is 0 Å². The molecule has 2 nitrogen and oxygen atoms in total. The molecule has 0 radical (unpaired) electrons. The van der Waals surface area contributed by atoms with Gasteiger partial charge in [0.05, 0.1) is 5.56 Å². The van der Waals surface area contributed by atoms with Crippen LogP contribution in [0.4, 0.5) is 8.78 Å². The lowest BCUT2D eigenvalue weighted by molar-refractivity contribution is 0.0917. The largest absolute Gasteiger partial charge is 0.485 e. The summed E-state index contributed by atoms with van der Waals surface area (Å²) in [5.41, 5.74) is 0.766. The first-order valence-electron chi connectivity index (χ1n) is 5.74. The highest BCUT2D eigenvalue weighted by Crippen LogP contribution is 2.14. The van der Waals surface area contributed by atoms with Gasteiger partial charge in [0.2, 0.25) is 5.78 Å². The summed E-state index contributed by atoms with van der Waals surface area (Å²) in [7, 11) is 0. The van der Waals surface area contributed by atoms with E-state index in [1.165, 1.54) is 0 Å². The molecule has 2 rings (SSSR count). The van der Waals surface area contributed by atoms with Crippen LogP contribution in [0, 0.1) is 18.6 Å². The fourth-order valence-corrected chi connectivity index (χ4v) is 1.57. The van der Waals surface area contributed by atoms with Crippen LogP contribution < -0.4 is 4.74 Å². The molecule has 0 saturated heterocycles. The van der Waals surface area contributed by atoms with E-state index in [0.29, 0.717) is 5.75 Å². The monoisotopic (exact) mass is 262 g/mol. The van der Waals surface area contributed by atoms with Gasteiger partial charge in [0, 0.05) is 0 Å². The normalized spacial score (nSPS) is 10.3. The van der Waals surface area contributed by atoms with Gasteiger partial charge < -0.3 is 4.74 Å². The molecule has 0 aliphatic rings. The zero-order valence-electron chi connectivity index (χ0n) is 10.3. The van der Waals surface area contributed by atoms with E-state index in [1.807, 2.05) is 19.1 Å². The van der Waals surface area contributed by atoms with E-state index in [4.69, 9.17) is 4.74 Å². The maximum atomic E-state index is 13.4. The highest BCUT2D eigenvalue weighted by molar-refractivity contribution is 5.97. The Labute approximate surface area is 109 Å². The van der Waals surface area contributed by atoms with Crippen molar-refractivity contribution in [2.24, 2.45) is 0 Å². The molecule has 0 N–H and O–H groups in total. The minimum Gasteiger partial charge on any atom is -0.485 e. The minimum absolute atomic E-state index is 0.299. The summed E-state index contributed by atoms with van der Waals surface area (Å²) >= 11 is 0. The van der Waals surface area contributed by atoms with E-state index in [9.17, 15) is 13.6 Å². The highest BCUT2D eigenvalue weighted by Gasteiger charge is 2.13. The molecule has 19 heavy (non-hydrogen) atoms. The Morgan fingerprint density at radius 3 is 2.47 bits per heavy atom. The SMILES string of the molecule is Cc1ccc(OCC(=O)c2cc(F)ccc2F)cc1. The molecule has 0 bridgehead atoms. The Morgan fingerprint density at radius 1 is 1.11 bits per heavy atom. The summed E-state index contributed by atoms with van der Waals surface area (Å²) in [5.74, 6) is -1.49. The number of aryl methyl sites for hydroxylation is 1. The minimum atomic E-state index is -0.751. The molecule has 0 aliphatic carbocycles. The molecule has 0 aliphatic heterocycles. The van der Waals surface area contributed by atoms with Gasteiger partial charge in [-0.1, -0.05) is 17.7 Å². The van der Waals surface area contributed by atoms with Crippen LogP contribution in [0.5, 0.6) is 5.75 Å². The predicted octanol–water partition coefficient (Wildman–Crippen LogP) is 3.53. The van der Waals surface area contributed by atoms with Gasteiger partial charge in [0.15, 0.2) is 6.61 Å². The highest BCUT2D eigenvalue weighted by atomic mass is 19.1. The molecule has 0 amide bonds. The van der Waals surface area contributed by atoms with E-state index in [1.54, 1.807) is 12.1 Å². The van der Waals surface area contributed by atoms with E-state index in [0.717, 1.165) is 23.8 Å². The first-order valence-corrected chi connectivity index (χ1v) is 5.74. The molecule has 0 fully saturated rings. The van der Waals surface area contributed by atoms with Crippen LogP contribution in [0.1, 0.15) is 15.9 Å². The van der Waals surface area contributed by atoms with Gasteiger partial charge in [0.1, 0.15) is 17.4 Å². The molecule has 0 aromatic heterocycles. The summed E-state index contributed by atoms with van der Waals surface area (Å²) in [4.78, 5) is 11.7. The molecule has 0 heterocycles. The van der Waals surface area contributed by atoms with Crippen molar-refractivity contribution < 1.29 is 18.3 Å². The van der Waals surface area contributed by atoms with E-state index >= 15 is 0 Å². The standard InChI is InChI=1S/C15H12F2O2/c1-10-2-5-12(6-3-10)19-9-15(18)13-8-11(16)4-7-14(13)17/h2-8H,9H2,1H3. The molecule has 0 unspecified atom stereocenters. The lowest BCUT2D eigenvalue weighted by Gasteiger charge is -2.06. The number of hydrogen-bond acceptors (Lipinski definition) is 2. The lowest BCUT2D eigenvalue weighted by atomic mass is 10.1. The van der Waals surface area contributed by atoms with Gasteiger partial charge in [0.25, 0.3) is 0 Å². The van der Waals surface area contributed by atoms with Crippen LogP contribution >= 0.6 is 0 Å². The number of halogens is 2. The first-order chi connectivity index (χ1) is 9.06. The Balaban J connectivity index is 2.05. The predicted molar refractivity (Wildman–Crippen MR) is 67.4 cm³/mol. The van der Waals surface area contributed by atoms with Gasteiger partial charge in [-0.05, 0) is 37.3 Å². The molecule has 0 spiro atoms. The van der Waals surface area contributed by atoms with Crippen molar-refractivity contribution in [3.8, 4) is 5.75 Å². The average molecular weight is 262 g/mol. The summed E-state index contributed by atoms with van der Waals surface area (Å²) < 4.78 is 31.5. The number of carbonyl (C=O) groups excluding carboxylic acids is 1. The van der Waals surface area contributed by atoms with E-state index < -0.39 is 17.4 Å². The van der Waals surface area contributed by atoms with E-state index in [2.05, 4.69) is 0 Å². The second-order valence-electron chi connectivity index (χ2n) is 4.15. The third-order valence-electron chi connectivity index (χ3n) is 2.62. The topological polar surface area (TPSA) is 26.3 Å². The van der Waals surface area contributed by atoms with Crippen molar-refractivity contribution in [3.05, 3.63) is 65.2 Å². The van der Waals surface area contributed by atoms with Gasteiger partial charge >= 0.3 is 0 Å². The van der Waals surface area contributed by atoms with Gasteiger partial charge in [-0.25, -0.2) is 8.78 Å². The van der Waals surface area contributed by atoms with Crippen LogP contribution in [-0.4, -0.2) is 12.4 Å². The third kappa shape index (κ3) is 3.37. The Bertz CT molecular complexity index is 592. The Kier molecular flexibility index (Phi) is 3.90. The van der Waals surface area contributed by atoms with Crippen LogP contribution in [0.25, 0.3) is 0 Å². The summed E-state index contributed by atoms with van der Waals surface area (Å²) in [6.07, 6.45) is 0. The number of carbonyl (C=O) groups is 1. The quantitative estimate of drug-likeness (QED) is 0.788. The summed E-state index contributed by atoms with van der Waals surface area (Å²) in [6.45, 7) is 1.60. The van der Waals surface area contributed by atoms with Crippen molar-refractivity contribution in [2.45, 2.75) is 6.92 Å². The van der Waals surface area contributed by atoms with Crippen LogP contribution in [0.2, 0.25) is 0 Å². The zero-order chi connectivity index (χ0) is 13.8. The van der Waals surface area contributed by atoms with Crippen molar-refractivity contribution in [3.63, 3.8) is 0 Å². The van der Waals surface area contributed by atoms with Crippen molar-refractivity contribution in [1.82, 2.24) is 0 Å². The van der Waals surface area contributed by atoms with Crippen LogP contribution in [0.15, 0.2) is 42.5 Å². The lowest BCUT2D eigenvalue weighted by Crippen LogP contribution is -2.13. The second-order valence-corrected chi connectivity index (χ2v) is 4.15. The average Bonchev–Trinajstić information content (AvgIpc) is 2.40. The number of benzene rings is 2. The first kappa shape index (κ1) is 13.2. The molecule has 98 valence electrons. The maximum Gasteiger partial charge on any atom is 0.203 e. The Hall–Kier alpha value is -2.23. The second kappa shape index (κ2) is 5.61. The number of Topliss-reactive ketones (excluding diaryl/α,β-unsaturated/α-hetero) is 1. The fraction of sp³-hybridized carbons (Fsp3) is 0.133. The molecule has 4 heteroatoms. The Morgan fingerprint density at radius 2 is 1.79 bits per heavy atom. The van der Waals surface area contributed by atoms with Crippen molar-refractivity contribution in [2.75, 3.05) is 6.61 Å². The number of ketones is 1. The summed E-state index contributed by atoms with van der Waals surface area (Å²) in [5, 5.41) is 0. The molecule has 2 aromatic rings. The van der Waals surface area contributed by atoms with Gasteiger partial charge in [-0.15, -0.1) is 0 Å². The van der Waals surface area contributed by atoms with E-state index in [-0.39, 0.29) is 12.2 Å². The van der Waals surface area contributed by atoms with Gasteiger partial charge in [-0.2, -0.15) is 0 Å².